The maximum Gasteiger partial charge on any atom is 0.349 e. The fraction of sp³-hybridized carbons (Fsp3) is 0.167. The molecule has 0 unspecified atom stereocenters. The number of halogens is 2. The Morgan fingerprint density at radius 1 is 1.82 bits per heavy atom. The lowest BCUT2D eigenvalue weighted by Crippen LogP contribution is -1.97. The lowest BCUT2D eigenvalue weighted by Gasteiger charge is -1.92. The van der Waals surface area contributed by atoms with Gasteiger partial charge in [0.2, 0.25) is 0 Å². The maximum atomic E-state index is 10.9. The van der Waals surface area contributed by atoms with Crippen LogP contribution in [0.5, 0.6) is 0 Å². The normalized spacial score (nSPS) is 9.73. The van der Waals surface area contributed by atoms with Crippen LogP contribution < -0.4 is 0 Å². The van der Waals surface area contributed by atoms with Crippen molar-refractivity contribution >= 4 is 44.8 Å². The van der Waals surface area contributed by atoms with Crippen LogP contribution in [0.1, 0.15) is 9.67 Å². The summed E-state index contributed by atoms with van der Waals surface area (Å²) >= 11 is 10.2. The summed E-state index contributed by atoms with van der Waals surface area (Å²) in [4.78, 5) is 11.4. The summed E-state index contributed by atoms with van der Waals surface area (Å²) in [6.07, 6.45) is 0. The Morgan fingerprint density at radius 3 is 2.82 bits per heavy atom. The second-order valence-electron chi connectivity index (χ2n) is 1.72. The number of thiophene rings is 1. The van der Waals surface area contributed by atoms with Gasteiger partial charge in [0.05, 0.1) is 15.9 Å². The number of methoxy groups -OCH3 is 1. The number of rotatable bonds is 1. The van der Waals surface area contributed by atoms with Gasteiger partial charge < -0.3 is 4.74 Å². The summed E-state index contributed by atoms with van der Waals surface area (Å²) in [6.45, 7) is 0. The predicted molar refractivity (Wildman–Crippen MR) is 48.4 cm³/mol. The average Bonchev–Trinajstić information content (AvgIpc) is 2.28. The first-order valence-corrected chi connectivity index (χ1v) is 4.67. The molecular weight excluding hydrogens is 251 g/mol. The Hall–Kier alpha value is -0.0600. The van der Waals surface area contributed by atoms with Crippen molar-refractivity contribution in [1.29, 1.82) is 0 Å². The van der Waals surface area contributed by atoms with Crippen LogP contribution in [0.3, 0.4) is 0 Å². The molecule has 0 aliphatic rings. The molecule has 1 heterocycles. The molecule has 0 amide bonds. The van der Waals surface area contributed by atoms with Gasteiger partial charge in [0, 0.05) is 0 Å². The van der Waals surface area contributed by atoms with Crippen LogP contribution in [0, 0.1) is 0 Å². The molecule has 1 rings (SSSR count). The van der Waals surface area contributed by atoms with E-state index in [-0.39, 0.29) is 0 Å². The quantitative estimate of drug-likeness (QED) is 0.721. The van der Waals surface area contributed by atoms with E-state index in [4.69, 9.17) is 11.6 Å². The molecule has 0 fully saturated rings. The van der Waals surface area contributed by atoms with Crippen molar-refractivity contribution in [2.45, 2.75) is 0 Å². The predicted octanol–water partition coefficient (Wildman–Crippen LogP) is 2.95. The zero-order chi connectivity index (χ0) is 8.43. The molecule has 5 heteroatoms. The van der Waals surface area contributed by atoms with E-state index in [0.717, 1.165) is 3.79 Å². The first-order valence-electron chi connectivity index (χ1n) is 2.68. The molecule has 11 heavy (non-hydrogen) atoms. The average molecular weight is 256 g/mol. The minimum atomic E-state index is -0.397. The molecule has 0 atom stereocenters. The second kappa shape index (κ2) is 3.56. The van der Waals surface area contributed by atoms with Crippen molar-refractivity contribution in [1.82, 2.24) is 0 Å². The topological polar surface area (TPSA) is 26.3 Å². The van der Waals surface area contributed by atoms with E-state index in [1.807, 2.05) is 0 Å². The van der Waals surface area contributed by atoms with Gasteiger partial charge in [-0.3, -0.25) is 0 Å². The minimum Gasteiger partial charge on any atom is -0.465 e. The molecule has 0 aromatic carbocycles. The number of carbonyl (C=O) groups excluding carboxylic acids is 1. The lowest BCUT2D eigenvalue weighted by atomic mass is 10.5. The highest BCUT2D eigenvalue weighted by atomic mass is 79.9. The molecule has 0 radical (unpaired) electrons. The molecule has 1 aromatic rings. The summed E-state index contributed by atoms with van der Waals surface area (Å²) in [5.74, 6) is -0.397. The van der Waals surface area contributed by atoms with Gasteiger partial charge in [-0.15, -0.1) is 11.3 Å². The monoisotopic (exact) mass is 254 g/mol. The van der Waals surface area contributed by atoms with Crippen molar-refractivity contribution < 1.29 is 9.53 Å². The number of ether oxygens (including phenoxy) is 1. The summed E-state index contributed by atoms with van der Waals surface area (Å²) in [7, 11) is 1.33. The highest BCUT2D eigenvalue weighted by Gasteiger charge is 2.13. The van der Waals surface area contributed by atoms with E-state index >= 15 is 0 Å². The largest absolute Gasteiger partial charge is 0.465 e. The second-order valence-corrected chi connectivity index (χ2v) is 4.56. The Kier molecular flexibility index (Phi) is 2.92. The third kappa shape index (κ3) is 1.95. The third-order valence-electron chi connectivity index (χ3n) is 1.03. The van der Waals surface area contributed by atoms with Crippen LogP contribution in [-0.2, 0) is 4.74 Å². The molecule has 0 saturated heterocycles. The van der Waals surface area contributed by atoms with Crippen LogP contribution in [0.15, 0.2) is 9.85 Å². The van der Waals surface area contributed by atoms with Gasteiger partial charge in [-0.1, -0.05) is 11.6 Å². The van der Waals surface area contributed by atoms with Crippen LogP contribution in [0.2, 0.25) is 5.02 Å². The molecular formula is C6H4BrClO2S. The van der Waals surface area contributed by atoms with Crippen molar-refractivity contribution in [3.63, 3.8) is 0 Å². The Balaban J connectivity index is 3.03. The molecule has 60 valence electrons. The van der Waals surface area contributed by atoms with Crippen molar-refractivity contribution in [2.24, 2.45) is 0 Å². The summed E-state index contributed by atoms with van der Waals surface area (Å²) in [6, 6.07) is 1.67. The zero-order valence-electron chi connectivity index (χ0n) is 5.56. The fourth-order valence-corrected chi connectivity index (χ4v) is 2.48. The standard InChI is InChI=1S/C6H4BrClO2S/c1-10-6(9)5-3(8)2-4(7)11-5/h2H,1H3. The highest BCUT2D eigenvalue weighted by Crippen LogP contribution is 2.31. The molecule has 0 N–H and O–H groups in total. The van der Waals surface area contributed by atoms with Gasteiger partial charge >= 0.3 is 5.97 Å². The number of hydrogen-bond donors (Lipinski definition) is 0. The van der Waals surface area contributed by atoms with E-state index in [1.54, 1.807) is 6.07 Å². The van der Waals surface area contributed by atoms with Gasteiger partial charge in [0.25, 0.3) is 0 Å². The van der Waals surface area contributed by atoms with E-state index in [0.29, 0.717) is 9.90 Å². The van der Waals surface area contributed by atoms with Gasteiger partial charge in [-0.25, -0.2) is 4.79 Å². The molecule has 2 nitrogen and oxygen atoms in total. The van der Waals surface area contributed by atoms with E-state index in [2.05, 4.69) is 20.7 Å². The van der Waals surface area contributed by atoms with Crippen LogP contribution in [0.25, 0.3) is 0 Å². The summed E-state index contributed by atoms with van der Waals surface area (Å²) < 4.78 is 5.32. The number of carbonyl (C=O) groups is 1. The first-order chi connectivity index (χ1) is 5.15. The Labute approximate surface area is 81.2 Å². The van der Waals surface area contributed by atoms with E-state index < -0.39 is 5.97 Å². The Morgan fingerprint density at radius 2 is 2.45 bits per heavy atom. The van der Waals surface area contributed by atoms with Gasteiger partial charge in [0.15, 0.2) is 0 Å². The van der Waals surface area contributed by atoms with Crippen molar-refractivity contribution in [2.75, 3.05) is 7.11 Å². The van der Waals surface area contributed by atoms with Gasteiger partial charge in [0.1, 0.15) is 4.88 Å². The van der Waals surface area contributed by atoms with Crippen molar-refractivity contribution in [3.05, 3.63) is 19.8 Å². The fourth-order valence-electron chi connectivity index (χ4n) is 0.573. The van der Waals surface area contributed by atoms with Crippen LogP contribution >= 0.6 is 38.9 Å². The van der Waals surface area contributed by atoms with Crippen LogP contribution in [0.4, 0.5) is 0 Å². The number of esters is 1. The van der Waals surface area contributed by atoms with Gasteiger partial charge in [-0.2, -0.15) is 0 Å². The number of hydrogen-bond acceptors (Lipinski definition) is 3. The minimum absolute atomic E-state index is 0.397. The molecule has 0 aliphatic heterocycles. The van der Waals surface area contributed by atoms with Crippen LogP contribution in [-0.4, -0.2) is 13.1 Å². The zero-order valence-corrected chi connectivity index (χ0v) is 8.72. The molecule has 1 aromatic heterocycles. The van der Waals surface area contributed by atoms with Crippen molar-refractivity contribution in [3.8, 4) is 0 Å². The Bertz CT molecular complexity index is 284. The first kappa shape index (κ1) is 9.03. The molecule has 0 bridgehead atoms. The maximum absolute atomic E-state index is 10.9. The SMILES string of the molecule is COC(=O)c1sc(Br)cc1Cl. The third-order valence-corrected chi connectivity index (χ3v) is 3.06. The summed E-state index contributed by atoms with van der Waals surface area (Å²) in [5.41, 5.74) is 0. The lowest BCUT2D eigenvalue weighted by molar-refractivity contribution is 0.0606. The highest BCUT2D eigenvalue weighted by molar-refractivity contribution is 9.11. The summed E-state index contributed by atoms with van der Waals surface area (Å²) in [5, 5.41) is 0.425. The molecule has 0 saturated carbocycles. The molecule has 0 spiro atoms. The molecule has 0 aliphatic carbocycles. The van der Waals surface area contributed by atoms with E-state index in [9.17, 15) is 4.79 Å². The smallest absolute Gasteiger partial charge is 0.349 e. The van der Waals surface area contributed by atoms with Gasteiger partial charge in [-0.05, 0) is 22.0 Å². The van der Waals surface area contributed by atoms with E-state index in [1.165, 1.54) is 18.4 Å².